The molecule has 0 saturated carbocycles. The average Bonchev–Trinajstić information content (AvgIpc) is 2.35. The summed E-state index contributed by atoms with van der Waals surface area (Å²) in [7, 11) is 1.71. The fraction of sp³-hybridized carbons (Fsp3) is 0.385. The van der Waals surface area contributed by atoms with Crippen LogP contribution in [0.5, 0.6) is 0 Å². The molecule has 4 nitrogen and oxygen atoms in total. The van der Waals surface area contributed by atoms with E-state index < -0.39 is 0 Å². The van der Waals surface area contributed by atoms with E-state index in [0.29, 0.717) is 4.99 Å². The first-order valence-corrected chi connectivity index (χ1v) is 6.10. The number of likely N-dealkylation sites (N-methyl/N-ethyl adjacent to an activating group) is 1. The Morgan fingerprint density at radius 3 is 2.39 bits per heavy atom. The maximum atomic E-state index is 11.8. The number of nitrogens with two attached hydrogens (primary N) is 1. The van der Waals surface area contributed by atoms with Crippen molar-refractivity contribution in [1.29, 1.82) is 0 Å². The van der Waals surface area contributed by atoms with Crippen LogP contribution in [-0.4, -0.2) is 30.7 Å². The number of amides is 1. The molecule has 1 rings (SSSR count). The molecule has 0 aromatic heterocycles. The van der Waals surface area contributed by atoms with Crippen molar-refractivity contribution in [3.05, 3.63) is 29.8 Å². The lowest BCUT2D eigenvalue weighted by Gasteiger charge is -2.18. The molecule has 0 fully saturated rings. The van der Waals surface area contributed by atoms with Crippen molar-refractivity contribution >= 4 is 28.8 Å². The Hall–Kier alpha value is -1.46. The highest BCUT2D eigenvalue weighted by molar-refractivity contribution is 7.80. The third-order valence-electron chi connectivity index (χ3n) is 2.45. The second kappa shape index (κ2) is 6.47. The average molecular weight is 266 g/mol. The quantitative estimate of drug-likeness (QED) is 0.824. The van der Waals surface area contributed by atoms with Crippen LogP contribution in [0.25, 0.3) is 0 Å². The molecule has 0 aliphatic heterocycles. The van der Waals surface area contributed by atoms with Gasteiger partial charge in [0.2, 0.25) is 0 Å². The van der Waals surface area contributed by atoms with Gasteiger partial charge in [0.05, 0.1) is 6.10 Å². The number of thiocarbonyl (C=S) groups is 1. The summed E-state index contributed by atoms with van der Waals surface area (Å²) in [6.07, 6.45) is 0.0411. The van der Waals surface area contributed by atoms with Crippen molar-refractivity contribution in [3.8, 4) is 0 Å². The predicted molar refractivity (Wildman–Crippen MR) is 76.8 cm³/mol. The van der Waals surface area contributed by atoms with Gasteiger partial charge in [-0.05, 0) is 38.1 Å². The van der Waals surface area contributed by atoms with E-state index in [1.165, 1.54) is 0 Å². The molecule has 0 aliphatic rings. The van der Waals surface area contributed by atoms with Gasteiger partial charge in [-0.15, -0.1) is 0 Å². The maximum absolute atomic E-state index is 11.8. The van der Waals surface area contributed by atoms with Crippen LogP contribution < -0.4 is 10.6 Å². The summed E-state index contributed by atoms with van der Waals surface area (Å²) in [5.41, 5.74) is 7.08. The van der Waals surface area contributed by atoms with Crippen LogP contribution in [0.15, 0.2) is 24.3 Å². The third kappa shape index (κ3) is 4.09. The van der Waals surface area contributed by atoms with Crippen molar-refractivity contribution in [2.45, 2.75) is 20.0 Å². The van der Waals surface area contributed by atoms with Crippen LogP contribution >= 0.6 is 12.2 Å². The van der Waals surface area contributed by atoms with Gasteiger partial charge in [-0.2, -0.15) is 0 Å². The van der Waals surface area contributed by atoms with Crippen molar-refractivity contribution < 1.29 is 9.53 Å². The van der Waals surface area contributed by atoms with E-state index in [0.717, 1.165) is 11.3 Å². The summed E-state index contributed by atoms with van der Waals surface area (Å²) in [4.78, 5) is 13.7. The molecule has 18 heavy (non-hydrogen) atoms. The largest absolute Gasteiger partial charge is 0.389 e. The number of ether oxygens (including phenoxy) is 1. The molecule has 0 heterocycles. The number of hydrogen-bond donors (Lipinski definition) is 1. The molecule has 0 aliphatic carbocycles. The van der Waals surface area contributed by atoms with Crippen molar-refractivity contribution in [2.24, 2.45) is 5.73 Å². The minimum atomic E-state index is -0.0909. The Balaban J connectivity index is 2.68. The number of rotatable bonds is 5. The van der Waals surface area contributed by atoms with E-state index in [4.69, 9.17) is 22.7 Å². The van der Waals surface area contributed by atoms with Gasteiger partial charge in [-0.3, -0.25) is 4.79 Å². The minimum Gasteiger partial charge on any atom is -0.389 e. The summed E-state index contributed by atoms with van der Waals surface area (Å²) in [6, 6.07) is 7.21. The molecule has 1 aromatic rings. The fourth-order valence-electron chi connectivity index (χ4n) is 1.33. The van der Waals surface area contributed by atoms with Crippen LogP contribution in [0.2, 0.25) is 0 Å². The molecule has 0 saturated heterocycles. The second-order valence-corrected chi connectivity index (χ2v) is 4.66. The molecule has 1 amide bonds. The van der Waals surface area contributed by atoms with Gasteiger partial charge >= 0.3 is 0 Å². The summed E-state index contributed by atoms with van der Waals surface area (Å²) in [6.45, 7) is 3.86. The van der Waals surface area contributed by atoms with E-state index in [-0.39, 0.29) is 18.6 Å². The van der Waals surface area contributed by atoms with Gasteiger partial charge in [0.15, 0.2) is 0 Å². The number of nitrogens with zero attached hydrogens (tertiary/aromatic N) is 1. The topological polar surface area (TPSA) is 55.6 Å². The fourth-order valence-corrected chi connectivity index (χ4v) is 1.46. The summed E-state index contributed by atoms with van der Waals surface area (Å²) in [5, 5.41) is 0. The molecular formula is C13H18N2O2S. The molecular weight excluding hydrogens is 248 g/mol. The Bertz CT molecular complexity index is 429. The summed E-state index contributed by atoms with van der Waals surface area (Å²) < 4.78 is 5.28. The Morgan fingerprint density at radius 2 is 1.94 bits per heavy atom. The van der Waals surface area contributed by atoms with Crippen molar-refractivity contribution in [1.82, 2.24) is 0 Å². The smallest absolute Gasteiger partial charge is 0.252 e. The van der Waals surface area contributed by atoms with Gasteiger partial charge in [0.25, 0.3) is 5.91 Å². The SMILES string of the molecule is CC(C)OCC(=O)N(C)c1ccc(C(N)=S)cc1. The molecule has 1 aromatic carbocycles. The van der Waals surface area contributed by atoms with Gasteiger partial charge < -0.3 is 15.4 Å². The molecule has 98 valence electrons. The predicted octanol–water partition coefficient (Wildman–Crippen LogP) is 1.71. The Labute approximate surface area is 113 Å². The molecule has 0 spiro atoms. The first-order chi connectivity index (χ1) is 8.41. The Morgan fingerprint density at radius 1 is 1.39 bits per heavy atom. The number of carbonyl (C=O) groups is 1. The van der Waals surface area contributed by atoms with Gasteiger partial charge in [0, 0.05) is 18.3 Å². The summed E-state index contributed by atoms with van der Waals surface area (Å²) >= 11 is 4.87. The van der Waals surface area contributed by atoms with E-state index in [9.17, 15) is 4.79 Å². The van der Waals surface area contributed by atoms with Crippen LogP contribution in [0.1, 0.15) is 19.4 Å². The Kier molecular flexibility index (Phi) is 5.25. The normalized spacial score (nSPS) is 10.4. The van der Waals surface area contributed by atoms with Gasteiger partial charge in [0.1, 0.15) is 11.6 Å². The summed E-state index contributed by atoms with van der Waals surface area (Å²) in [5.74, 6) is -0.0909. The molecule has 2 N–H and O–H groups in total. The van der Waals surface area contributed by atoms with Crippen LogP contribution in [0.4, 0.5) is 5.69 Å². The third-order valence-corrected chi connectivity index (χ3v) is 2.69. The lowest BCUT2D eigenvalue weighted by molar-refractivity contribution is -0.124. The maximum Gasteiger partial charge on any atom is 0.252 e. The zero-order valence-electron chi connectivity index (χ0n) is 10.8. The van der Waals surface area contributed by atoms with Crippen molar-refractivity contribution in [2.75, 3.05) is 18.6 Å². The first kappa shape index (κ1) is 14.6. The van der Waals surface area contributed by atoms with Crippen LogP contribution in [0.3, 0.4) is 0 Å². The first-order valence-electron chi connectivity index (χ1n) is 5.70. The highest BCUT2D eigenvalue weighted by atomic mass is 32.1. The lowest BCUT2D eigenvalue weighted by Crippen LogP contribution is -2.31. The number of anilines is 1. The highest BCUT2D eigenvalue weighted by Gasteiger charge is 2.11. The zero-order valence-corrected chi connectivity index (χ0v) is 11.7. The number of hydrogen-bond acceptors (Lipinski definition) is 3. The van der Waals surface area contributed by atoms with Gasteiger partial charge in [-0.1, -0.05) is 12.2 Å². The molecule has 0 radical (unpaired) electrons. The lowest BCUT2D eigenvalue weighted by atomic mass is 10.2. The highest BCUT2D eigenvalue weighted by Crippen LogP contribution is 2.14. The monoisotopic (exact) mass is 266 g/mol. The van der Waals surface area contributed by atoms with E-state index in [1.54, 1.807) is 24.1 Å². The number of carbonyl (C=O) groups excluding carboxylic acids is 1. The van der Waals surface area contributed by atoms with E-state index >= 15 is 0 Å². The minimum absolute atomic E-state index is 0.0411. The molecule has 5 heteroatoms. The van der Waals surface area contributed by atoms with E-state index in [2.05, 4.69) is 0 Å². The van der Waals surface area contributed by atoms with Crippen LogP contribution in [-0.2, 0) is 9.53 Å². The molecule has 0 unspecified atom stereocenters. The standard InChI is InChI=1S/C13H18N2O2S/c1-9(2)17-8-12(16)15(3)11-6-4-10(5-7-11)13(14)18/h4-7,9H,8H2,1-3H3,(H2,14,18). The molecule has 0 atom stereocenters. The van der Waals surface area contributed by atoms with Crippen molar-refractivity contribution in [3.63, 3.8) is 0 Å². The zero-order chi connectivity index (χ0) is 13.7. The number of benzene rings is 1. The second-order valence-electron chi connectivity index (χ2n) is 4.22. The molecule has 0 bridgehead atoms. The van der Waals surface area contributed by atoms with Crippen LogP contribution in [0, 0.1) is 0 Å². The van der Waals surface area contributed by atoms with E-state index in [1.807, 2.05) is 26.0 Å². The van der Waals surface area contributed by atoms with Gasteiger partial charge in [-0.25, -0.2) is 0 Å².